The third kappa shape index (κ3) is 4.97. The average Bonchev–Trinajstić information content (AvgIpc) is 2.46. The standard InChI is InChI=1S/C14H29N3OS/c1-4-12(5-2)16-13(18)10-17-8-6-14(11-15,19-3)7-9-17/h12H,4-11,15H2,1-3H3,(H,16,18). The van der Waals surface area contributed by atoms with Gasteiger partial charge in [-0.05, 0) is 31.9 Å². The van der Waals surface area contributed by atoms with Crippen LogP contribution in [0.25, 0.3) is 0 Å². The van der Waals surface area contributed by atoms with E-state index in [1.807, 2.05) is 11.8 Å². The molecule has 0 radical (unpaired) electrons. The summed E-state index contributed by atoms with van der Waals surface area (Å²) in [7, 11) is 0. The van der Waals surface area contributed by atoms with Crippen LogP contribution in [-0.2, 0) is 4.79 Å². The lowest BCUT2D eigenvalue weighted by molar-refractivity contribution is -0.123. The summed E-state index contributed by atoms with van der Waals surface area (Å²) in [5, 5.41) is 3.10. The SMILES string of the molecule is CCC(CC)NC(=O)CN1CCC(CN)(SC)CC1. The molecule has 0 bridgehead atoms. The van der Waals surface area contributed by atoms with Crippen molar-refractivity contribution in [2.75, 3.05) is 32.4 Å². The maximum Gasteiger partial charge on any atom is 0.234 e. The molecule has 0 aromatic carbocycles. The number of nitrogens with zero attached hydrogens (tertiary/aromatic N) is 1. The molecule has 112 valence electrons. The number of likely N-dealkylation sites (tertiary alicyclic amines) is 1. The van der Waals surface area contributed by atoms with Crippen molar-refractivity contribution in [2.24, 2.45) is 5.73 Å². The van der Waals surface area contributed by atoms with Crippen LogP contribution < -0.4 is 11.1 Å². The van der Waals surface area contributed by atoms with E-state index in [0.29, 0.717) is 12.6 Å². The van der Waals surface area contributed by atoms with Crippen molar-refractivity contribution < 1.29 is 4.79 Å². The summed E-state index contributed by atoms with van der Waals surface area (Å²) in [5.41, 5.74) is 5.88. The first kappa shape index (κ1) is 16.8. The Hall–Kier alpha value is -0.260. The number of amides is 1. The molecule has 3 N–H and O–H groups in total. The lowest BCUT2D eigenvalue weighted by Crippen LogP contribution is -2.49. The van der Waals surface area contributed by atoms with Gasteiger partial charge in [0.25, 0.3) is 0 Å². The molecule has 19 heavy (non-hydrogen) atoms. The van der Waals surface area contributed by atoms with Gasteiger partial charge < -0.3 is 11.1 Å². The van der Waals surface area contributed by atoms with Crippen LogP contribution in [0.2, 0.25) is 0 Å². The first-order valence-electron chi connectivity index (χ1n) is 7.36. The van der Waals surface area contributed by atoms with Crippen LogP contribution in [0.4, 0.5) is 0 Å². The van der Waals surface area contributed by atoms with Crippen LogP contribution >= 0.6 is 11.8 Å². The number of nitrogens with two attached hydrogens (primary N) is 1. The Morgan fingerprint density at radius 3 is 2.37 bits per heavy atom. The number of hydrogen-bond donors (Lipinski definition) is 2. The number of carbonyl (C=O) groups is 1. The van der Waals surface area contributed by atoms with Gasteiger partial charge in [-0.3, -0.25) is 9.69 Å². The summed E-state index contributed by atoms with van der Waals surface area (Å²) in [6.45, 7) is 7.46. The van der Waals surface area contributed by atoms with E-state index in [1.165, 1.54) is 0 Å². The van der Waals surface area contributed by atoms with Crippen molar-refractivity contribution in [3.8, 4) is 0 Å². The second-order valence-electron chi connectivity index (χ2n) is 5.45. The van der Waals surface area contributed by atoms with Gasteiger partial charge in [0.1, 0.15) is 0 Å². The van der Waals surface area contributed by atoms with E-state index in [0.717, 1.165) is 45.3 Å². The molecule has 4 nitrogen and oxygen atoms in total. The molecule has 1 heterocycles. The van der Waals surface area contributed by atoms with Gasteiger partial charge in [-0.2, -0.15) is 11.8 Å². The Labute approximate surface area is 121 Å². The van der Waals surface area contributed by atoms with Crippen molar-refractivity contribution in [3.05, 3.63) is 0 Å². The number of nitrogens with one attached hydrogen (secondary N) is 1. The van der Waals surface area contributed by atoms with Crippen molar-refractivity contribution in [1.29, 1.82) is 0 Å². The van der Waals surface area contributed by atoms with Crippen LogP contribution in [0.15, 0.2) is 0 Å². The summed E-state index contributed by atoms with van der Waals surface area (Å²) >= 11 is 1.88. The molecule has 0 spiro atoms. The molecule has 0 aliphatic carbocycles. The number of carbonyl (C=O) groups excluding carboxylic acids is 1. The number of hydrogen-bond acceptors (Lipinski definition) is 4. The van der Waals surface area contributed by atoms with Crippen molar-refractivity contribution in [3.63, 3.8) is 0 Å². The highest BCUT2D eigenvalue weighted by molar-refractivity contribution is 8.00. The molecule has 0 saturated carbocycles. The number of thioether (sulfide) groups is 1. The van der Waals surface area contributed by atoms with Crippen LogP contribution in [-0.4, -0.2) is 54.0 Å². The zero-order valence-corrected chi connectivity index (χ0v) is 13.4. The predicted octanol–water partition coefficient (Wildman–Crippen LogP) is 1.45. The Morgan fingerprint density at radius 2 is 1.95 bits per heavy atom. The van der Waals surface area contributed by atoms with Crippen LogP contribution in [0.1, 0.15) is 39.5 Å². The maximum atomic E-state index is 12.0. The Bertz CT molecular complexity index is 268. The van der Waals surface area contributed by atoms with Gasteiger partial charge in [0.05, 0.1) is 6.54 Å². The summed E-state index contributed by atoms with van der Waals surface area (Å²) in [5.74, 6) is 0.165. The second kappa shape index (κ2) is 8.12. The first-order valence-corrected chi connectivity index (χ1v) is 8.58. The van der Waals surface area contributed by atoms with Gasteiger partial charge in [-0.1, -0.05) is 13.8 Å². The summed E-state index contributed by atoms with van der Waals surface area (Å²) in [6, 6.07) is 0.326. The molecule has 0 aromatic heterocycles. The lowest BCUT2D eigenvalue weighted by Gasteiger charge is -2.39. The van der Waals surface area contributed by atoms with E-state index in [9.17, 15) is 4.79 Å². The average molecular weight is 287 g/mol. The molecule has 1 aliphatic rings. The Balaban J connectivity index is 2.34. The highest BCUT2D eigenvalue weighted by Crippen LogP contribution is 2.33. The fourth-order valence-electron chi connectivity index (χ4n) is 2.58. The van der Waals surface area contributed by atoms with Gasteiger partial charge in [0, 0.05) is 30.4 Å². The third-order valence-corrected chi connectivity index (χ3v) is 5.73. The van der Waals surface area contributed by atoms with Crippen molar-refractivity contribution in [1.82, 2.24) is 10.2 Å². The zero-order chi connectivity index (χ0) is 14.3. The molecular weight excluding hydrogens is 258 g/mol. The van der Waals surface area contributed by atoms with E-state index in [4.69, 9.17) is 5.73 Å². The van der Waals surface area contributed by atoms with Gasteiger partial charge >= 0.3 is 0 Å². The van der Waals surface area contributed by atoms with Gasteiger partial charge in [0.2, 0.25) is 5.91 Å². The fraction of sp³-hybridized carbons (Fsp3) is 0.929. The normalized spacial score (nSPS) is 19.6. The van der Waals surface area contributed by atoms with E-state index in [2.05, 4.69) is 30.3 Å². The van der Waals surface area contributed by atoms with E-state index in [1.54, 1.807) is 0 Å². The van der Waals surface area contributed by atoms with E-state index in [-0.39, 0.29) is 10.7 Å². The smallest absolute Gasteiger partial charge is 0.234 e. The predicted molar refractivity (Wildman–Crippen MR) is 83.5 cm³/mol. The summed E-state index contributed by atoms with van der Waals surface area (Å²) in [4.78, 5) is 14.2. The molecular formula is C14H29N3OS. The highest BCUT2D eigenvalue weighted by atomic mass is 32.2. The number of rotatable bonds is 7. The largest absolute Gasteiger partial charge is 0.352 e. The molecule has 1 amide bonds. The molecule has 0 aromatic rings. The third-order valence-electron chi connectivity index (χ3n) is 4.29. The minimum Gasteiger partial charge on any atom is -0.352 e. The number of piperidine rings is 1. The highest BCUT2D eigenvalue weighted by Gasteiger charge is 2.32. The first-order chi connectivity index (χ1) is 9.09. The van der Waals surface area contributed by atoms with Gasteiger partial charge in [-0.25, -0.2) is 0 Å². The van der Waals surface area contributed by atoms with Crippen molar-refractivity contribution >= 4 is 17.7 Å². The lowest BCUT2D eigenvalue weighted by atomic mass is 9.96. The Morgan fingerprint density at radius 1 is 1.37 bits per heavy atom. The second-order valence-corrected chi connectivity index (χ2v) is 6.72. The molecule has 1 saturated heterocycles. The molecule has 0 atom stereocenters. The van der Waals surface area contributed by atoms with Crippen LogP contribution in [0.5, 0.6) is 0 Å². The fourth-order valence-corrected chi connectivity index (χ4v) is 3.34. The molecule has 0 unspecified atom stereocenters. The van der Waals surface area contributed by atoms with Gasteiger partial charge in [0.15, 0.2) is 0 Å². The van der Waals surface area contributed by atoms with Crippen LogP contribution in [0.3, 0.4) is 0 Å². The molecule has 1 aliphatic heterocycles. The minimum atomic E-state index is 0.165. The zero-order valence-electron chi connectivity index (χ0n) is 12.6. The maximum absolute atomic E-state index is 12.0. The summed E-state index contributed by atoms with van der Waals surface area (Å²) < 4.78 is 0.238. The molecule has 1 rings (SSSR count). The quantitative estimate of drug-likeness (QED) is 0.744. The van der Waals surface area contributed by atoms with E-state index < -0.39 is 0 Å². The Kier molecular flexibility index (Phi) is 7.18. The topological polar surface area (TPSA) is 58.4 Å². The van der Waals surface area contributed by atoms with Gasteiger partial charge in [-0.15, -0.1) is 0 Å². The van der Waals surface area contributed by atoms with Crippen LogP contribution in [0, 0.1) is 0 Å². The minimum absolute atomic E-state index is 0.165. The van der Waals surface area contributed by atoms with E-state index >= 15 is 0 Å². The van der Waals surface area contributed by atoms with Crippen molar-refractivity contribution in [2.45, 2.75) is 50.3 Å². The summed E-state index contributed by atoms with van der Waals surface area (Å²) in [6.07, 6.45) is 6.32. The molecule has 1 fully saturated rings. The molecule has 5 heteroatoms. The monoisotopic (exact) mass is 287 g/mol.